The molecule has 1 amide bonds. The van der Waals surface area contributed by atoms with Gasteiger partial charge in [-0.3, -0.25) is 4.79 Å². The van der Waals surface area contributed by atoms with Gasteiger partial charge in [0, 0.05) is 0 Å². The van der Waals surface area contributed by atoms with Crippen LogP contribution in [0.1, 0.15) is 17.3 Å². The van der Waals surface area contributed by atoms with Crippen LogP contribution in [-0.4, -0.2) is 23.0 Å². The third-order valence-electron chi connectivity index (χ3n) is 1.88. The third-order valence-corrected chi connectivity index (χ3v) is 1.88. The van der Waals surface area contributed by atoms with Crippen molar-refractivity contribution in [1.82, 2.24) is 0 Å². The molecule has 5 nitrogen and oxygen atoms in total. The van der Waals surface area contributed by atoms with Crippen LogP contribution in [0.5, 0.6) is 0 Å². The normalized spacial score (nSPS) is 11.9. The van der Waals surface area contributed by atoms with Gasteiger partial charge in [-0.05, 0) is 25.1 Å². The highest BCUT2D eigenvalue weighted by atomic mass is 19.1. The summed E-state index contributed by atoms with van der Waals surface area (Å²) in [6, 6.07) is 2.32. The predicted octanol–water partition coefficient (Wildman–Crippen LogP) is 0.810. The van der Waals surface area contributed by atoms with Crippen LogP contribution in [0.4, 0.5) is 10.1 Å². The Morgan fingerprint density at radius 1 is 1.50 bits per heavy atom. The van der Waals surface area contributed by atoms with Crippen molar-refractivity contribution in [2.24, 2.45) is 5.73 Å². The molecule has 4 N–H and O–H groups in total. The quantitative estimate of drug-likeness (QED) is 0.711. The number of aromatic carboxylic acids is 1. The highest BCUT2D eigenvalue weighted by Gasteiger charge is 2.13. The number of carboxylic acids is 1. The number of carbonyl (C=O) groups is 2. The van der Waals surface area contributed by atoms with E-state index in [4.69, 9.17) is 10.8 Å². The van der Waals surface area contributed by atoms with E-state index in [1.165, 1.54) is 6.92 Å². The smallest absolute Gasteiger partial charge is 0.335 e. The van der Waals surface area contributed by atoms with E-state index >= 15 is 0 Å². The van der Waals surface area contributed by atoms with Crippen molar-refractivity contribution in [1.29, 1.82) is 0 Å². The van der Waals surface area contributed by atoms with E-state index in [0.717, 1.165) is 18.2 Å². The highest BCUT2D eigenvalue weighted by Crippen LogP contribution is 2.16. The Balaban J connectivity index is 2.99. The number of nitrogens with two attached hydrogens (primary N) is 1. The van der Waals surface area contributed by atoms with Gasteiger partial charge in [0.2, 0.25) is 5.91 Å². The fourth-order valence-electron chi connectivity index (χ4n) is 1.00. The Hall–Kier alpha value is -1.95. The maximum Gasteiger partial charge on any atom is 0.335 e. The molecule has 1 atom stereocenters. The summed E-state index contributed by atoms with van der Waals surface area (Å²) in [5.41, 5.74) is 4.98. The molecule has 0 aliphatic heterocycles. The zero-order valence-corrected chi connectivity index (χ0v) is 8.53. The zero-order valence-electron chi connectivity index (χ0n) is 8.53. The summed E-state index contributed by atoms with van der Waals surface area (Å²) in [6.45, 7) is 1.44. The standard InChI is InChI=1S/C10H11FN2O3/c1-5(12)9(14)13-8-4-6(10(15)16)2-3-7(8)11/h2-5H,12H2,1H3,(H,13,14)(H,15,16). The number of benzene rings is 1. The van der Waals surface area contributed by atoms with E-state index in [1.807, 2.05) is 0 Å². The van der Waals surface area contributed by atoms with Crippen LogP contribution >= 0.6 is 0 Å². The molecule has 86 valence electrons. The Bertz CT molecular complexity index is 432. The van der Waals surface area contributed by atoms with Crippen molar-refractivity contribution in [3.63, 3.8) is 0 Å². The van der Waals surface area contributed by atoms with Crippen molar-refractivity contribution in [2.75, 3.05) is 5.32 Å². The molecule has 1 rings (SSSR count). The molecule has 0 spiro atoms. The van der Waals surface area contributed by atoms with Crippen molar-refractivity contribution in [3.8, 4) is 0 Å². The maximum absolute atomic E-state index is 13.2. The van der Waals surface area contributed by atoms with Crippen LogP contribution in [0.15, 0.2) is 18.2 Å². The minimum Gasteiger partial charge on any atom is -0.478 e. The summed E-state index contributed by atoms with van der Waals surface area (Å²) in [5, 5.41) is 10.9. The Morgan fingerprint density at radius 2 is 2.12 bits per heavy atom. The van der Waals surface area contributed by atoms with Crippen molar-refractivity contribution in [2.45, 2.75) is 13.0 Å². The fourth-order valence-corrected chi connectivity index (χ4v) is 1.00. The minimum atomic E-state index is -1.20. The molecule has 0 saturated carbocycles. The van der Waals surface area contributed by atoms with Crippen molar-refractivity contribution in [3.05, 3.63) is 29.6 Å². The molecular formula is C10H11FN2O3. The number of nitrogens with one attached hydrogen (secondary N) is 1. The van der Waals surface area contributed by atoms with Gasteiger partial charge >= 0.3 is 5.97 Å². The molecular weight excluding hydrogens is 215 g/mol. The number of carbonyl (C=O) groups excluding carboxylic acids is 1. The summed E-state index contributed by atoms with van der Waals surface area (Å²) in [4.78, 5) is 21.8. The van der Waals surface area contributed by atoms with Gasteiger partial charge in [0.1, 0.15) is 5.82 Å². The Morgan fingerprint density at radius 3 is 2.62 bits per heavy atom. The number of halogens is 1. The molecule has 0 aliphatic rings. The average molecular weight is 226 g/mol. The molecule has 0 bridgehead atoms. The monoisotopic (exact) mass is 226 g/mol. The van der Waals surface area contributed by atoms with Crippen LogP contribution in [0.3, 0.4) is 0 Å². The second kappa shape index (κ2) is 4.71. The third kappa shape index (κ3) is 2.77. The van der Waals surface area contributed by atoms with E-state index in [1.54, 1.807) is 0 Å². The van der Waals surface area contributed by atoms with Crippen molar-refractivity contribution >= 4 is 17.6 Å². The van der Waals surface area contributed by atoms with Gasteiger partial charge < -0.3 is 16.2 Å². The summed E-state index contributed by atoms with van der Waals surface area (Å²) < 4.78 is 13.2. The molecule has 6 heteroatoms. The first kappa shape index (κ1) is 12.1. The molecule has 0 fully saturated rings. The van der Waals surface area contributed by atoms with Crippen molar-refractivity contribution < 1.29 is 19.1 Å². The molecule has 0 aliphatic carbocycles. The van der Waals surface area contributed by atoms with E-state index in [0.29, 0.717) is 0 Å². The van der Waals surface area contributed by atoms with E-state index in [2.05, 4.69) is 5.32 Å². The Labute approximate surface area is 91.1 Å². The number of hydrogen-bond acceptors (Lipinski definition) is 3. The zero-order chi connectivity index (χ0) is 12.3. The fraction of sp³-hybridized carbons (Fsp3) is 0.200. The molecule has 16 heavy (non-hydrogen) atoms. The number of anilines is 1. The van der Waals surface area contributed by atoms with Gasteiger partial charge in [0.15, 0.2) is 0 Å². The van der Waals surface area contributed by atoms with E-state index < -0.39 is 23.7 Å². The molecule has 0 heterocycles. The lowest BCUT2D eigenvalue weighted by atomic mass is 10.2. The van der Waals surface area contributed by atoms with Crippen LogP contribution in [0.25, 0.3) is 0 Å². The SMILES string of the molecule is CC(N)C(=O)Nc1cc(C(=O)O)ccc1F. The molecule has 0 radical (unpaired) electrons. The van der Waals surface area contributed by atoms with Gasteiger partial charge in [-0.1, -0.05) is 0 Å². The van der Waals surface area contributed by atoms with Crippen LogP contribution < -0.4 is 11.1 Å². The van der Waals surface area contributed by atoms with Gasteiger partial charge in [0.05, 0.1) is 17.3 Å². The Kier molecular flexibility index (Phi) is 3.57. The summed E-state index contributed by atoms with van der Waals surface area (Å²) >= 11 is 0. The molecule has 1 aromatic carbocycles. The van der Waals surface area contributed by atoms with Gasteiger partial charge in [-0.2, -0.15) is 0 Å². The summed E-state index contributed by atoms with van der Waals surface area (Å²) in [7, 11) is 0. The summed E-state index contributed by atoms with van der Waals surface area (Å²) in [6.07, 6.45) is 0. The molecule has 1 unspecified atom stereocenters. The number of rotatable bonds is 3. The first-order valence-corrected chi connectivity index (χ1v) is 4.51. The average Bonchev–Trinajstić information content (AvgIpc) is 2.20. The lowest BCUT2D eigenvalue weighted by Gasteiger charge is -2.09. The molecule has 0 saturated heterocycles. The van der Waals surface area contributed by atoms with Crippen LogP contribution in [0, 0.1) is 5.82 Å². The van der Waals surface area contributed by atoms with Crippen LogP contribution in [-0.2, 0) is 4.79 Å². The largest absolute Gasteiger partial charge is 0.478 e. The lowest BCUT2D eigenvalue weighted by Crippen LogP contribution is -2.32. The minimum absolute atomic E-state index is 0.110. The topological polar surface area (TPSA) is 92.4 Å². The second-order valence-electron chi connectivity index (χ2n) is 3.28. The van der Waals surface area contributed by atoms with Gasteiger partial charge in [0.25, 0.3) is 0 Å². The number of amides is 1. The van der Waals surface area contributed by atoms with Gasteiger partial charge in [-0.25, -0.2) is 9.18 Å². The molecule has 1 aromatic rings. The predicted molar refractivity (Wildman–Crippen MR) is 55.6 cm³/mol. The first-order valence-electron chi connectivity index (χ1n) is 4.51. The molecule has 0 aromatic heterocycles. The number of hydrogen-bond donors (Lipinski definition) is 3. The lowest BCUT2D eigenvalue weighted by molar-refractivity contribution is -0.117. The van der Waals surface area contributed by atoms with Gasteiger partial charge in [-0.15, -0.1) is 0 Å². The van der Waals surface area contributed by atoms with Crippen LogP contribution in [0.2, 0.25) is 0 Å². The summed E-state index contributed by atoms with van der Waals surface area (Å²) in [5.74, 6) is -2.49. The van der Waals surface area contributed by atoms with E-state index in [9.17, 15) is 14.0 Å². The highest BCUT2D eigenvalue weighted by molar-refractivity contribution is 5.96. The second-order valence-corrected chi connectivity index (χ2v) is 3.28. The van der Waals surface area contributed by atoms with E-state index in [-0.39, 0.29) is 11.3 Å². The number of carboxylic acid groups (broad SMARTS) is 1. The first-order chi connectivity index (χ1) is 7.41. The maximum atomic E-state index is 13.2.